The smallest absolute Gasteiger partial charge is 0.258 e. The number of amides is 1. The van der Waals surface area contributed by atoms with E-state index in [1.165, 1.54) is 0 Å². The van der Waals surface area contributed by atoms with Gasteiger partial charge in [-0.15, -0.1) is 0 Å². The molecule has 2 aromatic heterocycles. The predicted molar refractivity (Wildman–Crippen MR) is 117 cm³/mol. The van der Waals surface area contributed by atoms with E-state index in [9.17, 15) is 9.59 Å². The fraction of sp³-hybridized carbons (Fsp3) is 0.304. The number of nitrogens with zero attached hydrogens (tertiary/aromatic N) is 2. The van der Waals surface area contributed by atoms with Gasteiger partial charge in [-0.1, -0.05) is 38.1 Å². The number of nitrogens with one attached hydrogen (secondary N) is 3. The molecule has 0 saturated carbocycles. The lowest BCUT2D eigenvalue weighted by atomic mass is 10.0. The minimum absolute atomic E-state index is 0.0442. The number of H-pyrrole nitrogens is 2. The summed E-state index contributed by atoms with van der Waals surface area (Å²) in [6.45, 7) is 4.11. The maximum atomic E-state index is 12.6. The van der Waals surface area contributed by atoms with E-state index in [0.29, 0.717) is 36.0 Å². The number of fused-ring (bicyclic) bond motifs is 2. The van der Waals surface area contributed by atoms with Gasteiger partial charge in [0.25, 0.3) is 5.56 Å². The molecule has 0 radical (unpaired) electrons. The number of aromatic amines is 2. The summed E-state index contributed by atoms with van der Waals surface area (Å²) in [7, 11) is 0. The van der Waals surface area contributed by atoms with Crippen molar-refractivity contribution in [2.45, 2.75) is 39.2 Å². The van der Waals surface area contributed by atoms with E-state index in [0.717, 1.165) is 16.9 Å². The fourth-order valence-corrected chi connectivity index (χ4v) is 3.59. The molecule has 0 aliphatic heterocycles. The molecule has 4 rings (SSSR count). The maximum absolute atomic E-state index is 12.6. The Hall–Kier alpha value is -3.48. The quantitative estimate of drug-likeness (QED) is 0.438. The van der Waals surface area contributed by atoms with Crippen molar-refractivity contribution in [2.24, 2.45) is 5.92 Å². The van der Waals surface area contributed by atoms with E-state index in [4.69, 9.17) is 0 Å². The molecule has 3 N–H and O–H groups in total. The van der Waals surface area contributed by atoms with Crippen LogP contribution >= 0.6 is 0 Å². The Morgan fingerprint density at radius 1 is 1.00 bits per heavy atom. The van der Waals surface area contributed by atoms with Crippen LogP contribution in [0.25, 0.3) is 21.9 Å². The summed E-state index contributed by atoms with van der Waals surface area (Å²) in [6.07, 6.45) is 1.47. The normalized spacial score (nSPS) is 12.5. The number of hydrogen-bond acceptors (Lipinski definition) is 4. The van der Waals surface area contributed by atoms with Gasteiger partial charge in [-0.05, 0) is 36.6 Å². The molecule has 0 spiro atoms. The number of imidazole rings is 1. The highest BCUT2D eigenvalue weighted by Gasteiger charge is 2.21. The predicted octanol–water partition coefficient (Wildman–Crippen LogP) is 3.64. The molecule has 0 fully saturated rings. The van der Waals surface area contributed by atoms with Crippen LogP contribution in [0.5, 0.6) is 0 Å². The zero-order valence-electron chi connectivity index (χ0n) is 17.1. The molecule has 0 aliphatic rings. The summed E-state index contributed by atoms with van der Waals surface area (Å²) in [5.41, 5.74) is 2.37. The van der Waals surface area contributed by atoms with Crippen molar-refractivity contribution in [2.75, 3.05) is 0 Å². The van der Waals surface area contributed by atoms with E-state index < -0.39 is 0 Å². The first-order chi connectivity index (χ1) is 14.5. The van der Waals surface area contributed by atoms with Crippen LogP contribution in [0, 0.1) is 5.92 Å². The topological polar surface area (TPSA) is 104 Å². The maximum Gasteiger partial charge on any atom is 0.258 e. The van der Waals surface area contributed by atoms with E-state index >= 15 is 0 Å². The Morgan fingerprint density at radius 3 is 2.50 bits per heavy atom. The Labute approximate surface area is 174 Å². The summed E-state index contributed by atoms with van der Waals surface area (Å²) in [5, 5.41) is 3.67. The molecule has 0 saturated heterocycles. The zero-order valence-corrected chi connectivity index (χ0v) is 17.1. The third-order valence-corrected chi connectivity index (χ3v) is 5.16. The van der Waals surface area contributed by atoms with Crippen LogP contribution in [0.2, 0.25) is 0 Å². The van der Waals surface area contributed by atoms with Gasteiger partial charge in [0.05, 0.1) is 28.0 Å². The van der Waals surface area contributed by atoms with Gasteiger partial charge in [-0.3, -0.25) is 9.59 Å². The van der Waals surface area contributed by atoms with Gasteiger partial charge in [-0.25, -0.2) is 9.97 Å². The summed E-state index contributed by atoms with van der Waals surface area (Å²) in [6, 6.07) is 14.9. The van der Waals surface area contributed by atoms with Crippen LogP contribution in [0.3, 0.4) is 0 Å². The van der Waals surface area contributed by atoms with Crippen molar-refractivity contribution in [3.8, 4) is 0 Å². The second-order valence-electron chi connectivity index (χ2n) is 7.81. The molecule has 0 aliphatic carbocycles. The molecular weight excluding hydrogens is 378 g/mol. The van der Waals surface area contributed by atoms with Crippen molar-refractivity contribution in [3.63, 3.8) is 0 Å². The van der Waals surface area contributed by atoms with Crippen LogP contribution in [-0.4, -0.2) is 25.8 Å². The minimum Gasteiger partial charge on any atom is -0.346 e. The molecule has 0 bridgehead atoms. The number of carbonyl (C=O) groups is 1. The molecule has 7 heteroatoms. The Balaban J connectivity index is 1.39. The van der Waals surface area contributed by atoms with Crippen molar-refractivity contribution >= 4 is 27.8 Å². The lowest BCUT2D eigenvalue weighted by Gasteiger charge is -2.20. The average molecular weight is 403 g/mol. The lowest BCUT2D eigenvalue weighted by Crippen LogP contribution is -2.32. The molecule has 4 aromatic rings. The fourth-order valence-electron chi connectivity index (χ4n) is 3.59. The summed E-state index contributed by atoms with van der Waals surface area (Å²) < 4.78 is 0. The Bertz CT molecular complexity index is 1210. The molecule has 1 unspecified atom stereocenters. The van der Waals surface area contributed by atoms with Crippen LogP contribution in [0.4, 0.5) is 0 Å². The molecule has 154 valence electrons. The molecule has 1 amide bonds. The number of carbonyl (C=O) groups excluding carboxylic acids is 1. The third kappa shape index (κ3) is 4.25. The number of aromatic nitrogens is 4. The Kier molecular flexibility index (Phi) is 5.61. The molecule has 7 nitrogen and oxygen atoms in total. The first-order valence-corrected chi connectivity index (χ1v) is 10.2. The van der Waals surface area contributed by atoms with Crippen molar-refractivity contribution in [3.05, 3.63) is 70.5 Å². The van der Waals surface area contributed by atoms with Crippen LogP contribution in [-0.2, 0) is 11.2 Å². The first kappa shape index (κ1) is 19.8. The second kappa shape index (κ2) is 8.49. The van der Waals surface area contributed by atoms with Gasteiger partial charge in [-0.2, -0.15) is 0 Å². The lowest BCUT2D eigenvalue weighted by molar-refractivity contribution is -0.122. The van der Waals surface area contributed by atoms with Gasteiger partial charge in [0, 0.05) is 12.8 Å². The van der Waals surface area contributed by atoms with Gasteiger partial charge in [0.1, 0.15) is 11.6 Å². The van der Waals surface area contributed by atoms with E-state index in [-0.39, 0.29) is 23.4 Å². The van der Waals surface area contributed by atoms with E-state index in [2.05, 4.69) is 39.1 Å². The second-order valence-corrected chi connectivity index (χ2v) is 7.81. The first-order valence-electron chi connectivity index (χ1n) is 10.2. The highest BCUT2D eigenvalue weighted by atomic mass is 16.1. The minimum atomic E-state index is -0.191. The van der Waals surface area contributed by atoms with E-state index in [1.54, 1.807) is 6.07 Å². The van der Waals surface area contributed by atoms with Gasteiger partial charge in [0.15, 0.2) is 0 Å². The number of rotatable bonds is 7. The molecular formula is C23H25N5O2. The van der Waals surface area contributed by atoms with E-state index in [1.807, 2.05) is 42.5 Å². The standard InChI is InChI=1S/C23H25N5O2/c1-14(2)21(22-25-17-10-5-6-11-18(17)26-22)28-20(29)13-7-12-19-24-16-9-4-3-8-15(16)23(30)27-19/h3-6,8-11,14,21H,7,12-13H2,1-2H3,(H,25,26)(H,28,29)(H,24,27,30). The number of hydrogen-bond donors (Lipinski definition) is 3. The molecule has 2 heterocycles. The zero-order chi connectivity index (χ0) is 21.1. The highest BCUT2D eigenvalue weighted by Crippen LogP contribution is 2.22. The van der Waals surface area contributed by atoms with Crippen LogP contribution < -0.4 is 10.9 Å². The monoisotopic (exact) mass is 403 g/mol. The Morgan fingerprint density at radius 2 is 1.73 bits per heavy atom. The van der Waals surface area contributed by atoms with Crippen molar-refractivity contribution < 1.29 is 4.79 Å². The number of aryl methyl sites for hydroxylation is 1. The van der Waals surface area contributed by atoms with Crippen molar-refractivity contribution in [1.82, 2.24) is 25.3 Å². The largest absolute Gasteiger partial charge is 0.346 e. The van der Waals surface area contributed by atoms with Gasteiger partial charge < -0.3 is 15.3 Å². The average Bonchev–Trinajstić information content (AvgIpc) is 3.15. The van der Waals surface area contributed by atoms with Crippen molar-refractivity contribution in [1.29, 1.82) is 0 Å². The van der Waals surface area contributed by atoms with Crippen LogP contribution in [0.15, 0.2) is 53.3 Å². The molecule has 30 heavy (non-hydrogen) atoms. The summed E-state index contributed by atoms with van der Waals surface area (Å²) >= 11 is 0. The number of para-hydroxylation sites is 3. The SMILES string of the molecule is CC(C)C(NC(=O)CCCc1nc2ccccc2c(=O)[nH]1)c1nc2ccccc2[nH]1. The highest BCUT2D eigenvalue weighted by molar-refractivity contribution is 5.78. The van der Waals surface area contributed by atoms with Gasteiger partial charge in [0.2, 0.25) is 5.91 Å². The number of benzene rings is 2. The summed E-state index contributed by atoms with van der Waals surface area (Å²) in [4.78, 5) is 40.0. The summed E-state index contributed by atoms with van der Waals surface area (Å²) in [5.74, 6) is 1.51. The third-order valence-electron chi connectivity index (χ3n) is 5.16. The van der Waals surface area contributed by atoms with Crippen LogP contribution in [0.1, 0.15) is 44.4 Å². The molecule has 1 atom stereocenters. The molecule has 2 aromatic carbocycles. The van der Waals surface area contributed by atoms with Gasteiger partial charge >= 0.3 is 0 Å².